The molecule has 12 heteroatoms. The first kappa shape index (κ1) is 24.1. The molecule has 2 aromatic heterocycles. The zero-order valence-corrected chi connectivity index (χ0v) is 20.6. The highest BCUT2D eigenvalue weighted by atomic mass is 35.5. The highest BCUT2D eigenvalue weighted by molar-refractivity contribution is 6.36. The first-order valence-electron chi connectivity index (χ1n) is 12.0. The number of nitrogens with one attached hydrogen (secondary N) is 3. The molecule has 1 saturated carbocycles. The summed E-state index contributed by atoms with van der Waals surface area (Å²) in [6.45, 7) is 3.87. The first-order chi connectivity index (χ1) is 17.4. The van der Waals surface area contributed by atoms with Crippen molar-refractivity contribution in [3.63, 3.8) is 0 Å². The van der Waals surface area contributed by atoms with Crippen molar-refractivity contribution in [2.24, 2.45) is 0 Å². The Morgan fingerprint density at radius 1 is 1.17 bits per heavy atom. The second-order valence-electron chi connectivity index (χ2n) is 9.31. The Bertz CT molecular complexity index is 1350. The third-order valence-electron chi connectivity index (χ3n) is 6.36. The largest absolute Gasteiger partial charge is 0.392 e. The minimum atomic E-state index is -0.383. The predicted molar refractivity (Wildman–Crippen MR) is 137 cm³/mol. The Labute approximate surface area is 213 Å². The zero-order valence-electron chi connectivity index (χ0n) is 19.9. The molecule has 1 aliphatic carbocycles. The van der Waals surface area contributed by atoms with Gasteiger partial charge in [-0.25, -0.2) is 4.98 Å². The highest BCUT2D eigenvalue weighted by Gasteiger charge is 2.25. The number of anilines is 4. The number of benzene rings is 1. The number of hydrogen-bond donors (Lipinski definition) is 4. The topological polar surface area (TPSA) is 150 Å². The van der Waals surface area contributed by atoms with Gasteiger partial charge in [-0.2, -0.15) is 20.0 Å². The van der Waals surface area contributed by atoms with Crippen molar-refractivity contribution in [3.8, 4) is 12.1 Å². The van der Waals surface area contributed by atoms with E-state index in [0.717, 1.165) is 44.5 Å². The number of hydrogen-bond acceptors (Lipinski definition) is 10. The van der Waals surface area contributed by atoms with Crippen molar-refractivity contribution in [1.29, 1.82) is 10.5 Å². The molecular formula is C24H27ClN10O. The van der Waals surface area contributed by atoms with Crippen molar-refractivity contribution in [2.75, 3.05) is 35.2 Å². The molecule has 1 aliphatic heterocycles. The summed E-state index contributed by atoms with van der Waals surface area (Å²) < 4.78 is 1.45. The van der Waals surface area contributed by atoms with Crippen molar-refractivity contribution in [3.05, 3.63) is 34.6 Å². The van der Waals surface area contributed by atoms with E-state index in [0.29, 0.717) is 52.1 Å². The van der Waals surface area contributed by atoms with Gasteiger partial charge >= 0.3 is 0 Å². The van der Waals surface area contributed by atoms with Crippen LogP contribution in [0, 0.1) is 22.7 Å². The summed E-state index contributed by atoms with van der Waals surface area (Å²) in [6.07, 6.45) is 4.98. The van der Waals surface area contributed by atoms with Crippen LogP contribution < -0.4 is 20.9 Å². The third kappa shape index (κ3) is 5.14. The molecule has 3 aromatic rings. The van der Waals surface area contributed by atoms with Gasteiger partial charge in [0, 0.05) is 31.7 Å². The summed E-state index contributed by atoms with van der Waals surface area (Å²) >= 11 is 6.84. The standard InChI is InChI=1S/C24H27ClN10O/c1-14(36)12-28-16-4-6-34(7-5-16)20-9-15(10-26)8-19(21(20)25)31-24-32-22(30-17-2-3-17)23-29-13-18(11-27)35(23)33-24/h8-9,13-14,16-17,28,36H,2-7,12H2,1H3,(H2,30,31,32,33). The van der Waals surface area contributed by atoms with Crippen LogP contribution in [-0.2, 0) is 0 Å². The molecule has 0 radical (unpaired) electrons. The highest BCUT2D eigenvalue weighted by Crippen LogP contribution is 2.37. The molecule has 0 spiro atoms. The first-order valence-corrected chi connectivity index (χ1v) is 12.4. The van der Waals surface area contributed by atoms with Crippen LogP contribution in [0.25, 0.3) is 5.65 Å². The molecule has 4 N–H and O–H groups in total. The van der Waals surface area contributed by atoms with Crippen molar-refractivity contribution >= 4 is 40.4 Å². The average molecular weight is 507 g/mol. The summed E-state index contributed by atoms with van der Waals surface area (Å²) in [5.41, 5.74) is 2.51. The fourth-order valence-electron chi connectivity index (χ4n) is 4.31. The molecule has 0 amide bonds. The monoisotopic (exact) mass is 506 g/mol. The Morgan fingerprint density at radius 2 is 1.94 bits per heavy atom. The molecule has 11 nitrogen and oxygen atoms in total. The van der Waals surface area contributed by atoms with Gasteiger partial charge in [-0.15, -0.1) is 5.10 Å². The molecule has 36 heavy (non-hydrogen) atoms. The van der Waals surface area contributed by atoms with Crippen LogP contribution in [0.5, 0.6) is 0 Å². The van der Waals surface area contributed by atoms with E-state index in [1.165, 1.54) is 10.7 Å². The molecule has 2 aliphatic rings. The smallest absolute Gasteiger partial charge is 0.247 e. The van der Waals surface area contributed by atoms with Crippen LogP contribution in [-0.4, -0.2) is 62.5 Å². The van der Waals surface area contributed by atoms with Gasteiger partial charge in [0.05, 0.1) is 40.3 Å². The van der Waals surface area contributed by atoms with Crippen molar-refractivity contribution in [2.45, 2.75) is 50.8 Å². The molecule has 2 fully saturated rings. The Hall–Kier alpha value is -3.64. The number of aliphatic hydroxyl groups is 1. The molecule has 1 unspecified atom stereocenters. The summed E-state index contributed by atoms with van der Waals surface area (Å²) in [6, 6.07) is 8.43. The number of halogens is 1. The van der Waals surface area contributed by atoms with Crippen molar-refractivity contribution < 1.29 is 5.11 Å². The zero-order chi connectivity index (χ0) is 25.2. The van der Waals surface area contributed by atoms with Crippen LogP contribution in [0.2, 0.25) is 5.02 Å². The van der Waals surface area contributed by atoms with Gasteiger partial charge in [-0.05, 0) is 44.7 Å². The average Bonchev–Trinajstić information content (AvgIpc) is 3.60. The van der Waals surface area contributed by atoms with E-state index in [2.05, 4.69) is 48.1 Å². The van der Waals surface area contributed by atoms with Crippen LogP contribution in [0.15, 0.2) is 18.3 Å². The van der Waals surface area contributed by atoms with E-state index in [1.54, 1.807) is 19.1 Å². The summed E-state index contributed by atoms with van der Waals surface area (Å²) in [4.78, 5) is 11.1. The lowest BCUT2D eigenvalue weighted by atomic mass is 10.0. The van der Waals surface area contributed by atoms with Gasteiger partial charge in [-0.3, -0.25) is 0 Å². The molecule has 0 bridgehead atoms. The molecule has 186 valence electrons. The quantitative estimate of drug-likeness (QED) is 0.359. The number of nitrogens with zero attached hydrogens (tertiary/aromatic N) is 7. The van der Waals surface area contributed by atoms with Crippen LogP contribution in [0.3, 0.4) is 0 Å². The number of rotatable bonds is 8. The summed E-state index contributed by atoms with van der Waals surface area (Å²) in [7, 11) is 0. The number of aromatic nitrogens is 4. The fraction of sp³-hybridized carbons (Fsp3) is 0.458. The van der Waals surface area contributed by atoms with Gasteiger partial charge in [0.2, 0.25) is 5.95 Å². The molecule has 5 rings (SSSR count). The number of piperidine rings is 1. The van der Waals surface area contributed by atoms with Crippen molar-refractivity contribution in [1.82, 2.24) is 24.9 Å². The van der Waals surface area contributed by atoms with Gasteiger partial charge < -0.3 is 26.0 Å². The SMILES string of the molecule is CC(O)CNC1CCN(c2cc(C#N)cc(Nc3nc(NC4CC4)c4ncc(C#N)n4n3)c2Cl)CC1. The van der Waals surface area contributed by atoms with E-state index in [9.17, 15) is 15.6 Å². The third-order valence-corrected chi connectivity index (χ3v) is 6.76. The second kappa shape index (κ2) is 10.2. The predicted octanol–water partition coefficient (Wildman–Crippen LogP) is 2.78. The minimum absolute atomic E-state index is 0.240. The Balaban J connectivity index is 1.42. The van der Waals surface area contributed by atoms with Crippen LogP contribution in [0.4, 0.5) is 23.1 Å². The fourth-order valence-corrected chi connectivity index (χ4v) is 4.58. The molecule has 1 saturated heterocycles. The van der Waals surface area contributed by atoms with E-state index >= 15 is 0 Å². The van der Waals surface area contributed by atoms with E-state index in [1.807, 2.05) is 0 Å². The van der Waals surface area contributed by atoms with Gasteiger partial charge in [-0.1, -0.05) is 11.6 Å². The maximum absolute atomic E-state index is 9.68. The normalized spacial score (nSPS) is 17.0. The number of imidazole rings is 1. The Kier molecular flexibility index (Phi) is 6.79. The van der Waals surface area contributed by atoms with E-state index < -0.39 is 0 Å². The second-order valence-corrected chi connectivity index (χ2v) is 9.68. The van der Waals surface area contributed by atoms with Crippen LogP contribution >= 0.6 is 11.6 Å². The molecule has 3 heterocycles. The molecule has 1 aromatic carbocycles. The lowest BCUT2D eigenvalue weighted by Gasteiger charge is -2.35. The molecular weight excluding hydrogens is 480 g/mol. The maximum Gasteiger partial charge on any atom is 0.247 e. The van der Waals surface area contributed by atoms with Crippen LogP contribution in [0.1, 0.15) is 43.9 Å². The Morgan fingerprint density at radius 3 is 2.61 bits per heavy atom. The summed E-state index contributed by atoms with van der Waals surface area (Å²) in [5, 5.41) is 43.5. The van der Waals surface area contributed by atoms with E-state index in [4.69, 9.17) is 11.6 Å². The maximum atomic E-state index is 9.68. The lowest BCUT2D eigenvalue weighted by Crippen LogP contribution is -2.44. The summed E-state index contributed by atoms with van der Waals surface area (Å²) in [5.74, 6) is 0.778. The number of nitriles is 2. The number of fused-ring (bicyclic) bond motifs is 1. The lowest BCUT2D eigenvalue weighted by molar-refractivity contribution is 0.183. The van der Waals surface area contributed by atoms with Gasteiger partial charge in [0.25, 0.3) is 0 Å². The number of aliphatic hydroxyl groups excluding tert-OH is 1. The van der Waals surface area contributed by atoms with E-state index in [-0.39, 0.29) is 12.1 Å². The molecule has 1 atom stereocenters. The van der Waals surface area contributed by atoms with Gasteiger partial charge in [0.1, 0.15) is 6.07 Å². The van der Waals surface area contributed by atoms with Gasteiger partial charge in [0.15, 0.2) is 17.2 Å². The minimum Gasteiger partial charge on any atom is -0.392 e.